The van der Waals surface area contributed by atoms with Gasteiger partial charge in [0.25, 0.3) is 0 Å². The van der Waals surface area contributed by atoms with Gasteiger partial charge in [0.05, 0.1) is 16.7 Å². The van der Waals surface area contributed by atoms with Crippen LogP contribution in [0.4, 0.5) is 26.3 Å². The van der Waals surface area contributed by atoms with Crippen molar-refractivity contribution in [3.63, 3.8) is 0 Å². The van der Waals surface area contributed by atoms with E-state index in [-0.39, 0.29) is 0 Å². The Hall–Kier alpha value is -1.24. The Balaban J connectivity index is 3.68. The van der Waals surface area contributed by atoms with Crippen LogP contribution < -0.4 is 0 Å². The van der Waals surface area contributed by atoms with Gasteiger partial charge in [0.2, 0.25) is 0 Å². The molecule has 0 atom stereocenters. The largest absolute Gasteiger partial charge is 0.416 e. The number of hydrogen-bond acceptors (Lipinski definition) is 1. The summed E-state index contributed by atoms with van der Waals surface area (Å²) in [6, 6.07) is 1.70. The molecule has 102 valence electrons. The van der Waals surface area contributed by atoms with Crippen molar-refractivity contribution in [3.05, 3.63) is 34.9 Å². The van der Waals surface area contributed by atoms with Crippen molar-refractivity contribution >= 4 is 0 Å². The van der Waals surface area contributed by atoms with E-state index in [1.807, 2.05) is 0 Å². The minimum absolute atomic E-state index is 0.516. The molecular formula is C11H10F6O. The molecule has 0 saturated heterocycles. The molecule has 1 aromatic rings. The van der Waals surface area contributed by atoms with Gasteiger partial charge in [-0.25, -0.2) is 0 Å². The van der Waals surface area contributed by atoms with Crippen LogP contribution in [0.3, 0.4) is 0 Å². The molecule has 1 aromatic carbocycles. The minimum atomic E-state index is -4.96. The van der Waals surface area contributed by atoms with Gasteiger partial charge in [-0.3, -0.25) is 0 Å². The molecule has 1 nitrogen and oxygen atoms in total. The van der Waals surface area contributed by atoms with E-state index in [1.165, 1.54) is 0 Å². The van der Waals surface area contributed by atoms with Crippen molar-refractivity contribution < 1.29 is 31.4 Å². The van der Waals surface area contributed by atoms with E-state index >= 15 is 0 Å². The molecule has 1 rings (SSSR count). The lowest BCUT2D eigenvalue weighted by Crippen LogP contribution is -2.27. The van der Waals surface area contributed by atoms with Crippen molar-refractivity contribution in [1.82, 2.24) is 0 Å². The first-order chi connectivity index (χ1) is 7.85. The van der Waals surface area contributed by atoms with Crippen LogP contribution in [0.25, 0.3) is 0 Å². The highest BCUT2D eigenvalue weighted by atomic mass is 19.4. The van der Waals surface area contributed by atoms with Gasteiger partial charge < -0.3 is 5.11 Å². The molecule has 0 radical (unpaired) electrons. The van der Waals surface area contributed by atoms with Crippen LogP contribution in [-0.2, 0) is 18.0 Å². The highest BCUT2D eigenvalue weighted by Crippen LogP contribution is 2.43. The van der Waals surface area contributed by atoms with E-state index in [9.17, 15) is 31.4 Å². The quantitative estimate of drug-likeness (QED) is 0.767. The fraction of sp³-hybridized carbons (Fsp3) is 0.455. The van der Waals surface area contributed by atoms with Crippen molar-refractivity contribution in [2.75, 3.05) is 0 Å². The second kappa shape index (κ2) is 4.15. The Morgan fingerprint density at radius 1 is 0.833 bits per heavy atom. The zero-order valence-corrected chi connectivity index (χ0v) is 9.45. The van der Waals surface area contributed by atoms with Crippen molar-refractivity contribution in [2.24, 2.45) is 0 Å². The average molecular weight is 272 g/mol. The summed E-state index contributed by atoms with van der Waals surface area (Å²) in [5, 5.41) is 9.58. The topological polar surface area (TPSA) is 20.2 Å². The molecule has 0 aliphatic rings. The Morgan fingerprint density at radius 2 is 1.17 bits per heavy atom. The van der Waals surface area contributed by atoms with Gasteiger partial charge in [-0.15, -0.1) is 0 Å². The zero-order valence-electron chi connectivity index (χ0n) is 9.45. The van der Waals surface area contributed by atoms with Crippen molar-refractivity contribution in [3.8, 4) is 0 Å². The first-order valence-electron chi connectivity index (χ1n) is 4.85. The summed E-state index contributed by atoms with van der Waals surface area (Å²) in [4.78, 5) is 0. The smallest absolute Gasteiger partial charge is 0.386 e. The predicted octanol–water partition coefficient (Wildman–Crippen LogP) is 3.95. The molecule has 0 bridgehead atoms. The van der Waals surface area contributed by atoms with Crippen LogP contribution in [0, 0.1) is 0 Å². The third-order valence-electron chi connectivity index (χ3n) is 2.29. The van der Waals surface area contributed by atoms with Gasteiger partial charge in [0, 0.05) is 5.56 Å². The van der Waals surface area contributed by atoms with Gasteiger partial charge in [-0.2, -0.15) is 26.3 Å². The predicted molar refractivity (Wildman–Crippen MR) is 51.7 cm³/mol. The molecular weight excluding hydrogens is 262 g/mol. The molecule has 18 heavy (non-hydrogen) atoms. The van der Waals surface area contributed by atoms with Crippen LogP contribution >= 0.6 is 0 Å². The van der Waals surface area contributed by atoms with Gasteiger partial charge in [0.15, 0.2) is 0 Å². The van der Waals surface area contributed by atoms with E-state index < -0.39 is 34.6 Å². The maximum absolute atomic E-state index is 12.7. The van der Waals surface area contributed by atoms with Gasteiger partial charge in [0.1, 0.15) is 0 Å². The lowest BCUT2D eigenvalue weighted by molar-refractivity contribution is -0.148. The Bertz CT molecular complexity index is 406. The molecule has 0 aliphatic carbocycles. The molecule has 0 amide bonds. The van der Waals surface area contributed by atoms with Crippen molar-refractivity contribution in [1.29, 1.82) is 0 Å². The number of rotatable bonds is 1. The van der Waals surface area contributed by atoms with Crippen LogP contribution in [0.15, 0.2) is 18.2 Å². The van der Waals surface area contributed by atoms with Crippen LogP contribution in [0.5, 0.6) is 0 Å². The molecule has 0 saturated carbocycles. The standard InChI is InChI=1S/C11H10F6O/c1-9(2,18)8-6(10(12,13)14)4-3-5-7(8)11(15,16)17/h3-5,18H,1-2H3. The first-order valence-corrected chi connectivity index (χ1v) is 4.85. The summed E-state index contributed by atoms with van der Waals surface area (Å²) in [6.45, 7) is 1.76. The minimum Gasteiger partial charge on any atom is -0.386 e. The van der Waals surface area contributed by atoms with E-state index in [0.717, 1.165) is 13.8 Å². The van der Waals surface area contributed by atoms with E-state index in [0.29, 0.717) is 18.2 Å². The first kappa shape index (κ1) is 14.8. The third kappa shape index (κ3) is 2.95. The molecule has 0 aliphatic heterocycles. The molecule has 1 N–H and O–H groups in total. The Morgan fingerprint density at radius 3 is 1.39 bits per heavy atom. The maximum Gasteiger partial charge on any atom is 0.416 e. The summed E-state index contributed by atoms with van der Waals surface area (Å²) < 4.78 is 76.0. The normalized spacial score (nSPS) is 13.8. The monoisotopic (exact) mass is 272 g/mol. The Kier molecular flexibility index (Phi) is 3.42. The lowest BCUT2D eigenvalue weighted by Gasteiger charge is -2.27. The van der Waals surface area contributed by atoms with Crippen molar-refractivity contribution in [2.45, 2.75) is 31.8 Å². The highest BCUT2D eigenvalue weighted by Gasteiger charge is 2.44. The van der Waals surface area contributed by atoms with Crippen LogP contribution in [0.1, 0.15) is 30.5 Å². The number of aliphatic hydroxyl groups is 1. The van der Waals surface area contributed by atoms with Crippen LogP contribution in [0.2, 0.25) is 0 Å². The number of alkyl halides is 6. The number of benzene rings is 1. The molecule has 0 unspecified atom stereocenters. The maximum atomic E-state index is 12.7. The average Bonchev–Trinajstić information content (AvgIpc) is 2.12. The number of halogens is 6. The molecule has 0 aromatic heterocycles. The Labute approximate surface area is 99.0 Å². The second-order valence-corrected chi connectivity index (χ2v) is 4.28. The number of hydrogen-bond donors (Lipinski definition) is 1. The lowest BCUT2D eigenvalue weighted by atomic mass is 9.88. The molecule has 7 heteroatoms. The van der Waals surface area contributed by atoms with E-state index in [2.05, 4.69) is 0 Å². The SMILES string of the molecule is CC(C)(O)c1c(C(F)(F)F)cccc1C(F)(F)F. The second-order valence-electron chi connectivity index (χ2n) is 4.28. The summed E-state index contributed by atoms with van der Waals surface area (Å²) in [7, 11) is 0. The summed E-state index contributed by atoms with van der Waals surface area (Å²) in [5.41, 5.74) is -6.38. The van der Waals surface area contributed by atoms with Gasteiger partial charge in [-0.1, -0.05) is 6.07 Å². The van der Waals surface area contributed by atoms with E-state index in [4.69, 9.17) is 0 Å². The fourth-order valence-corrected chi connectivity index (χ4v) is 1.68. The van der Waals surface area contributed by atoms with E-state index in [1.54, 1.807) is 0 Å². The summed E-state index contributed by atoms with van der Waals surface area (Å²) >= 11 is 0. The zero-order chi connectivity index (χ0) is 14.4. The van der Waals surface area contributed by atoms with Crippen LogP contribution in [-0.4, -0.2) is 5.11 Å². The molecule has 0 fully saturated rings. The molecule has 0 spiro atoms. The highest BCUT2D eigenvalue weighted by molar-refractivity contribution is 5.42. The summed E-state index contributed by atoms with van der Waals surface area (Å²) in [6.07, 6.45) is -9.92. The fourth-order valence-electron chi connectivity index (χ4n) is 1.68. The van der Waals surface area contributed by atoms with Gasteiger partial charge >= 0.3 is 12.4 Å². The van der Waals surface area contributed by atoms with Gasteiger partial charge in [-0.05, 0) is 26.0 Å². The molecule has 0 heterocycles. The summed E-state index contributed by atoms with van der Waals surface area (Å²) in [5.74, 6) is 0. The third-order valence-corrected chi connectivity index (χ3v) is 2.29.